The zero-order chi connectivity index (χ0) is 18.9. The Bertz CT molecular complexity index is 678. The van der Waals surface area contributed by atoms with E-state index in [9.17, 15) is 4.79 Å². The van der Waals surface area contributed by atoms with Crippen LogP contribution in [0.25, 0.3) is 11.1 Å². The molecule has 0 heterocycles. The van der Waals surface area contributed by atoms with E-state index in [1.807, 2.05) is 24.3 Å². The number of nitrogens with one attached hydrogen (secondary N) is 1. The Kier molecular flexibility index (Phi) is 8.02. The first kappa shape index (κ1) is 20.3. The Morgan fingerprint density at radius 2 is 1.62 bits per heavy atom. The van der Waals surface area contributed by atoms with Gasteiger partial charge in [-0.15, -0.1) is 0 Å². The van der Waals surface area contributed by atoms with Crippen molar-refractivity contribution in [3.05, 3.63) is 59.7 Å². The number of halogens is 1. The Labute approximate surface area is 157 Å². The van der Waals surface area contributed by atoms with Gasteiger partial charge >= 0.3 is 20.9 Å². The number of ether oxygens (including phenoxy) is 1. The predicted octanol–water partition coefficient (Wildman–Crippen LogP) is -0.0611. The van der Waals surface area contributed by atoms with E-state index in [1.54, 1.807) is 0 Å². The molecule has 0 aromatic heterocycles. The van der Waals surface area contributed by atoms with E-state index in [4.69, 9.17) is 23.1 Å². The third kappa shape index (κ3) is 5.52. The number of hydrogen-bond donors (Lipinski definition) is 3. The van der Waals surface area contributed by atoms with Crippen LogP contribution in [0.15, 0.2) is 48.5 Å². The Balaban J connectivity index is 0.000000552. The van der Waals surface area contributed by atoms with Gasteiger partial charge in [0.25, 0.3) is 0 Å². The monoisotopic (exact) mass is 424 g/mol. The van der Waals surface area contributed by atoms with Crippen LogP contribution in [-0.2, 0) is 4.74 Å². The second-order valence-electron chi connectivity index (χ2n) is 5.60. The summed E-state index contributed by atoms with van der Waals surface area (Å²) in [7, 11) is 0. The van der Waals surface area contributed by atoms with Crippen molar-refractivity contribution in [2.24, 2.45) is 5.73 Å². The lowest BCUT2D eigenvalue weighted by molar-refractivity contribution is -1.63. The summed E-state index contributed by atoms with van der Waals surface area (Å²) in [6.07, 6.45) is 0.375. The summed E-state index contributed by atoms with van der Waals surface area (Å²) in [4.78, 5) is 11.7. The Morgan fingerprint density at radius 1 is 1.12 bits per heavy atom. The van der Waals surface area contributed by atoms with E-state index in [2.05, 4.69) is 29.6 Å². The lowest BCUT2D eigenvalue weighted by Crippen LogP contribution is -2.30. The van der Waals surface area contributed by atoms with Gasteiger partial charge in [-0.2, -0.15) is 0 Å². The molecule has 0 aliphatic heterocycles. The van der Waals surface area contributed by atoms with Gasteiger partial charge in [-0.3, -0.25) is 0 Å². The van der Waals surface area contributed by atoms with Crippen molar-refractivity contribution in [2.75, 3.05) is 19.7 Å². The predicted molar refractivity (Wildman–Crippen MR) is 89.0 cm³/mol. The molecule has 0 fully saturated rings. The zero-order valence-electron chi connectivity index (χ0n) is 14.1. The molecule has 2 aromatic carbocycles. The van der Waals surface area contributed by atoms with Gasteiger partial charge in [0.05, 0.1) is 0 Å². The highest BCUT2D eigenvalue weighted by molar-refractivity contribution is 5.79. The standard InChI is InChI=1S/C18H20N2O2.BrHO3/c19-10-5-11-20-18(21)22-12-17-15-8-3-1-6-13(15)14-7-2-4-9-16(14)17;2-1(3)4/h1-4,6-9,17H,5,10-12,19H2,(H,20,21);2H. The topological polar surface area (TPSA) is 131 Å². The number of alkyl carbamates (subject to hydrolysis) is 1. The quantitative estimate of drug-likeness (QED) is 0.576. The number of carbonyl (C=O) groups excluding carboxylic acids is 1. The molecule has 26 heavy (non-hydrogen) atoms. The summed E-state index contributed by atoms with van der Waals surface area (Å²) in [6.45, 7) is 1.46. The van der Waals surface area contributed by atoms with Crippen LogP contribution in [0.2, 0.25) is 0 Å². The number of rotatable bonds is 5. The minimum atomic E-state index is -3.40. The first-order valence-corrected chi connectivity index (χ1v) is 10.1. The van der Waals surface area contributed by atoms with Gasteiger partial charge in [0.15, 0.2) is 0 Å². The van der Waals surface area contributed by atoms with E-state index in [0.29, 0.717) is 19.7 Å². The molecule has 0 unspecified atom stereocenters. The maximum atomic E-state index is 11.7. The van der Waals surface area contributed by atoms with Crippen molar-refractivity contribution < 1.29 is 36.9 Å². The van der Waals surface area contributed by atoms with Gasteiger partial charge in [0, 0.05) is 12.5 Å². The molecule has 140 valence electrons. The number of benzene rings is 2. The fraction of sp³-hybridized carbons (Fsp3) is 0.278. The van der Waals surface area contributed by atoms with E-state index >= 15 is 0 Å². The van der Waals surface area contributed by atoms with E-state index in [1.165, 1.54) is 22.3 Å². The summed E-state index contributed by atoms with van der Waals surface area (Å²) in [5, 5.41) is 2.71. The maximum absolute atomic E-state index is 11.7. The van der Waals surface area contributed by atoms with Gasteiger partial charge in [0.1, 0.15) is 6.61 Å². The second kappa shape index (κ2) is 10.2. The maximum Gasteiger partial charge on any atom is 0.433 e. The molecule has 0 bridgehead atoms. The highest BCUT2D eigenvalue weighted by Gasteiger charge is 2.28. The van der Waals surface area contributed by atoms with Crippen molar-refractivity contribution >= 4 is 6.09 Å². The van der Waals surface area contributed by atoms with Crippen LogP contribution in [0.4, 0.5) is 4.79 Å². The highest BCUT2D eigenvalue weighted by Crippen LogP contribution is 2.44. The molecule has 4 N–H and O–H groups in total. The van der Waals surface area contributed by atoms with Gasteiger partial charge in [0.2, 0.25) is 0 Å². The molecule has 1 aliphatic rings. The van der Waals surface area contributed by atoms with E-state index in [0.717, 1.165) is 6.42 Å². The fourth-order valence-electron chi connectivity index (χ4n) is 2.94. The van der Waals surface area contributed by atoms with Crippen LogP contribution in [0.3, 0.4) is 0 Å². The summed E-state index contributed by atoms with van der Waals surface area (Å²) in [5.74, 6) is 0.104. The smallest absolute Gasteiger partial charge is 0.433 e. The molecule has 2 aromatic rings. The fourth-order valence-corrected chi connectivity index (χ4v) is 2.94. The molecule has 1 amide bonds. The molecule has 0 atom stereocenters. The first-order chi connectivity index (χ1) is 12.5. The Hall–Kier alpha value is -1.97. The van der Waals surface area contributed by atoms with Gasteiger partial charge in [-0.1, -0.05) is 48.5 Å². The summed E-state index contributed by atoms with van der Waals surface area (Å²) < 4.78 is 29.7. The minimum absolute atomic E-state index is 0.104. The highest BCUT2D eigenvalue weighted by atomic mass is 80.0. The molecule has 0 spiro atoms. The number of nitrogens with two attached hydrogens (primary N) is 1. The van der Waals surface area contributed by atoms with Crippen LogP contribution in [0.1, 0.15) is 23.5 Å². The van der Waals surface area contributed by atoms with Crippen molar-refractivity contribution in [1.82, 2.24) is 5.32 Å². The Morgan fingerprint density at radius 3 is 2.12 bits per heavy atom. The molecule has 0 radical (unpaired) electrons. The molecule has 7 nitrogen and oxygen atoms in total. The molecule has 8 heteroatoms. The number of amides is 1. The van der Waals surface area contributed by atoms with E-state index < -0.39 is 14.8 Å². The van der Waals surface area contributed by atoms with E-state index in [-0.39, 0.29) is 12.0 Å². The van der Waals surface area contributed by atoms with Crippen molar-refractivity contribution in [3.63, 3.8) is 0 Å². The van der Waals surface area contributed by atoms with Crippen molar-refractivity contribution in [3.8, 4) is 11.1 Å². The third-order valence-corrected chi connectivity index (χ3v) is 3.99. The normalized spacial score (nSPS) is 12.0. The zero-order valence-corrected chi connectivity index (χ0v) is 15.6. The number of hydrogen-bond acceptors (Lipinski definition) is 6. The van der Waals surface area contributed by atoms with Crippen LogP contribution in [-0.4, -0.2) is 30.0 Å². The summed E-state index contributed by atoms with van der Waals surface area (Å²) in [6, 6.07) is 16.6. The molecular weight excluding hydrogens is 404 g/mol. The molecule has 1 aliphatic carbocycles. The summed E-state index contributed by atoms with van der Waals surface area (Å²) >= 11 is -3.40. The third-order valence-electron chi connectivity index (χ3n) is 3.99. The minimum Gasteiger partial charge on any atom is -0.449 e. The number of fused-ring (bicyclic) bond motifs is 3. The van der Waals surface area contributed by atoms with Crippen LogP contribution in [0.5, 0.6) is 0 Å². The van der Waals surface area contributed by atoms with Crippen LogP contribution >= 0.6 is 0 Å². The average molecular weight is 425 g/mol. The van der Waals surface area contributed by atoms with Gasteiger partial charge in [-0.05, 0) is 39.4 Å². The van der Waals surface area contributed by atoms with Crippen LogP contribution < -0.4 is 19.4 Å². The average Bonchev–Trinajstić information content (AvgIpc) is 2.94. The van der Waals surface area contributed by atoms with Crippen LogP contribution in [0, 0.1) is 14.8 Å². The lowest BCUT2D eigenvalue weighted by Gasteiger charge is -2.14. The molecule has 0 saturated heterocycles. The van der Waals surface area contributed by atoms with Crippen molar-refractivity contribution in [2.45, 2.75) is 12.3 Å². The molecule has 0 saturated carbocycles. The second-order valence-corrected chi connectivity index (χ2v) is 6.44. The molecule has 3 rings (SSSR count). The molecular formula is C18H21BrN2O5. The largest absolute Gasteiger partial charge is 0.449 e. The van der Waals surface area contributed by atoms with Gasteiger partial charge in [-0.25, -0.2) is 4.79 Å². The number of carbonyl (C=O) groups is 1. The van der Waals surface area contributed by atoms with Gasteiger partial charge < -0.3 is 24.2 Å². The SMILES string of the molecule is NCCCNC(=O)OCC1c2ccccc2-c2ccccc21.[O-][Br+2]([O-])O. The lowest BCUT2D eigenvalue weighted by atomic mass is 9.98. The first-order valence-electron chi connectivity index (χ1n) is 8.08. The van der Waals surface area contributed by atoms with Crippen molar-refractivity contribution in [1.29, 1.82) is 0 Å². The summed E-state index contributed by atoms with van der Waals surface area (Å²) in [5.41, 5.74) is 10.3.